The van der Waals surface area contributed by atoms with E-state index in [4.69, 9.17) is 4.74 Å². The molecular weight excluding hydrogens is 264 g/mol. The van der Waals surface area contributed by atoms with E-state index >= 15 is 0 Å². The fraction of sp³-hybridized carbons (Fsp3) is 0.588. The molecule has 1 aromatic rings. The number of ether oxygens (including phenoxy) is 1. The number of para-hydroxylation sites is 1. The first-order valence-electron chi connectivity index (χ1n) is 7.88. The smallest absolute Gasteiger partial charge is 0.255 e. The number of carbonyl (C=O) groups excluding carboxylic acids is 1. The second-order valence-electron chi connectivity index (χ2n) is 5.74. The van der Waals surface area contributed by atoms with E-state index in [1.165, 1.54) is 0 Å². The predicted molar refractivity (Wildman–Crippen MR) is 85.7 cm³/mol. The molecule has 1 aliphatic rings. The molecule has 0 spiro atoms. The van der Waals surface area contributed by atoms with Crippen LogP contribution in [0.1, 0.15) is 36.5 Å². The number of rotatable bonds is 6. The molecule has 0 aromatic heterocycles. The Balaban J connectivity index is 2.00. The van der Waals surface area contributed by atoms with Crippen LogP contribution in [-0.2, 0) is 4.74 Å². The zero-order chi connectivity index (χ0) is 15.1. The van der Waals surface area contributed by atoms with E-state index in [1.54, 1.807) is 0 Å². The topological polar surface area (TPSA) is 41.6 Å². The van der Waals surface area contributed by atoms with Gasteiger partial charge >= 0.3 is 0 Å². The van der Waals surface area contributed by atoms with Gasteiger partial charge in [-0.25, -0.2) is 0 Å². The van der Waals surface area contributed by atoms with Crippen molar-refractivity contribution in [1.29, 1.82) is 0 Å². The monoisotopic (exact) mass is 290 g/mol. The molecule has 1 amide bonds. The van der Waals surface area contributed by atoms with Gasteiger partial charge in [-0.05, 0) is 37.3 Å². The van der Waals surface area contributed by atoms with Crippen LogP contribution >= 0.6 is 0 Å². The Kier molecular flexibility index (Phi) is 6.05. The molecule has 2 rings (SSSR count). The second kappa shape index (κ2) is 8.03. The first-order chi connectivity index (χ1) is 10.2. The van der Waals surface area contributed by atoms with Gasteiger partial charge in [-0.1, -0.05) is 19.1 Å². The molecule has 1 N–H and O–H groups in total. The summed E-state index contributed by atoms with van der Waals surface area (Å²) in [7, 11) is 1.88. The SMILES string of the molecule is CCCNc1ccccc1C(=O)N(C)CC1CCCOC1. The van der Waals surface area contributed by atoms with Crippen molar-refractivity contribution in [2.45, 2.75) is 26.2 Å². The number of benzene rings is 1. The maximum atomic E-state index is 12.6. The molecule has 0 saturated carbocycles. The van der Waals surface area contributed by atoms with Crippen molar-refractivity contribution >= 4 is 11.6 Å². The number of amides is 1. The van der Waals surface area contributed by atoms with Gasteiger partial charge in [0.1, 0.15) is 0 Å². The maximum absolute atomic E-state index is 12.6. The molecule has 1 aromatic carbocycles. The Bertz CT molecular complexity index is 456. The van der Waals surface area contributed by atoms with Gasteiger partial charge in [0.2, 0.25) is 0 Å². The molecule has 0 radical (unpaired) electrons. The lowest BCUT2D eigenvalue weighted by atomic mass is 10.0. The zero-order valence-corrected chi connectivity index (χ0v) is 13.1. The molecular formula is C17H26N2O2. The third-order valence-electron chi connectivity index (χ3n) is 3.86. The zero-order valence-electron chi connectivity index (χ0n) is 13.1. The van der Waals surface area contributed by atoms with E-state index < -0.39 is 0 Å². The minimum absolute atomic E-state index is 0.0831. The van der Waals surface area contributed by atoms with Crippen LogP contribution in [0.15, 0.2) is 24.3 Å². The van der Waals surface area contributed by atoms with Gasteiger partial charge in [-0.15, -0.1) is 0 Å². The fourth-order valence-electron chi connectivity index (χ4n) is 2.71. The third kappa shape index (κ3) is 4.46. The normalized spacial score (nSPS) is 18.3. The van der Waals surface area contributed by atoms with Crippen molar-refractivity contribution in [1.82, 2.24) is 4.90 Å². The predicted octanol–water partition coefficient (Wildman–Crippen LogP) is 3.01. The van der Waals surface area contributed by atoms with Crippen LogP contribution in [0.5, 0.6) is 0 Å². The van der Waals surface area contributed by atoms with Crippen molar-refractivity contribution in [2.24, 2.45) is 5.92 Å². The van der Waals surface area contributed by atoms with Gasteiger partial charge in [0.25, 0.3) is 5.91 Å². The van der Waals surface area contributed by atoms with Crippen molar-refractivity contribution in [3.8, 4) is 0 Å². The summed E-state index contributed by atoms with van der Waals surface area (Å²) in [4.78, 5) is 14.5. The lowest BCUT2D eigenvalue weighted by Crippen LogP contribution is -2.35. The minimum atomic E-state index is 0.0831. The highest BCUT2D eigenvalue weighted by atomic mass is 16.5. The molecule has 1 atom stereocenters. The van der Waals surface area contributed by atoms with Crippen LogP contribution in [0.3, 0.4) is 0 Å². The summed E-state index contributed by atoms with van der Waals surface area (Å²) in [5.74, 6) is 0.545. The van der Waals surface area contributed by atoms with Crippen LogP contribution in [0.2, 0.25) is 0 Å². The molecule has 1 unspecified atom stereocenters. The van der Waals surface area contributed by atoms with E-state index in [0.29, 0.717) is 5.92 Å². The van der Waals surface area contributed by atoms with Gasteiger partial charge in [0.15, 0.2) is 0 Å². The summed E-state index contributed by atoms with van der Waals surface area (Å²) in [5.41, 5.74) is 1.68. The quantitative estimate of drug-likeness (QED) is 0.875. The number of hydrogen-bond acceptors (Lipinski definition) is 3. The van der Waals surface area contributed by atoms with Gasteiger partial charge in [0.05, 0.1) is 12.2 Å². The number of anilines is 1. The summed E-state index contributed by atoms with van der Waals surface area (Å²) >= 11 is 0. The Hall–Kier alpha value is -1.55. The van der Waals surface area contributed by atoms with Crippen molar-refractivity contribution in [2.75, 3.05) is 38.7 Å². The lowest BCUT2D eigenvalue weighted by molar-refractivity contribution is 0.0389. The first kappa shape index (κ1) is 15.8. The Morgan fingerprint density at radius 2 is 2.24 bits per heavy atom. The number of carbonyl (C=O) groups is 1. The maximum Gasteiger partial charge on any atom is 0.255 e. The summed E-state index contributed by atoms with van der Waals surface area (Å²) < 4.78 is 5.49. The lowest BCUT2D eigenvalue weighted by Gasteiger charge is -2.27. The van der Waals surface area contributed by atoms with E-state index in [2.05, 4.69) is 12.2 Å². The van der Waals surface area contributed by atoms with E-state index in [9.17, 15) is 4.79 Å². The summed E-state index contributed by atoms with van der Waals surface area (Å²) in [6, 6.07) is 7.75. The first-order valence-corrected chi connectivity index (χ1v) is 7.88. The Morgan fingerprint density at radius 1 is 1.43 bits per heavy atom. The van der Waals surface area contributed by atoms with Gasteiger partial charge in [-0.3, -0.25) is 4.79 Å². The van der Waals surface area contributed by atoms with Crippen LogP contribution in [0.25, 0.3) is 0 Å². The van der Waals surface area contributed by atoms with Gasteiger partial charge < -0.3 is 15.0 Å². The van der Waals surface area contributed by atoms with Crippen molar-refractivity contribution in [3.63, 3.8) is 0 Å². The average molecular weight is 290 g/mol. The standard InChI is InChI=1S/C17H26N2O2/c1-3-10-18-16-9-5-4-8-15(16)17(20)19(2)12-14-7-6-11-21-13-14/h4-5,8-9,14,18H,3,6-7,10-13H2,1-2H3. The number of nitrogens with zero attached hydrogens (tertiary/aromatic N) is 1. The fourth-order valence-corrected chi connectivity index (χ4v) is 2.71. The Labute approximate surface area is 127 Å². The summed E-state index contributed by atoms with van der Waals surface area (Å²) in [6.07, 6.45) is 3.28. The number of nitrogens with one attached hydrogen (secondary N) is 1. The molecule has 1 aliphatic heterocycles. The molecule has 0 aliphatic carbocycles. The molecule has 4 heteroatoms. The highest BCUT2D eigenvalue weighted by Crippen LogP contribution is 2.19. The summed E-state index contributed by atoms with van der Waals surface area (Å²) in [5, 5.41) is 3.33. The molecule has 4 nitrogen and oxygen atoms in total. The third-order valence-corrected chi connectivity index (χ3v) is 3.86. The highest BCUT2D eigenvalue weighted by Gasteiger charge is 2.21. The van der Waals surface area contributed by atoms with Crippen LogP contribution in [0, 0.1) is 5.92 Å². The molecule has 116 valence electrons. The number of hydrogen-bond donors (Lipinski definition) is 1. The minimum Gasteiger partial charge on any atom is -0.384 e. The second-order valence-corrected chi connectivity index (χ2v) is 5.74. The average Bonchev–Trinajstić information content (AvgIpc) is 2.53. The Morgan fingerprint density at radius 3 is 2.95 bits per heavy atom. The molecule has 1 saturated heterocycles. The van der Waals surface area contributed by atoms with Crippen molar-refractivity contribution in [3.05, 3.63) is 29.8 Å². The van der Waals surface area contributed by atoms with Crippen LogP contribution < -0.4 is 5.32 Å². The van der Waals surface area contributed by atoms with E-state index in [1.807, 2.05) is 36.2 Å². The largest absolute Gasteiger partial charge is 0.384 e. The molecule has 21 heavy (non-hydrogen) atoms. The van der Waals surface area contributed by atoms with Gasteiger partial charge in [-0.2, -0.15) is 0 Å². The van der Waals surface area contributed by atoms with Crippen molar-refractivity contribution < 1.29 is 9.53 Å². The molecule has 1 fully saturated rings. The molecule has 0 bridgehead atoms. The highest BCUT2D eigenvalue weighted by molar-refractivity contribution is 5.99. The van der Waals surface area contributed by atoms with Crippen LogP contribution in [-0.4, -0.2) is 44.2 Å². The van der Waals surface area contributed by atoms with Gasteiger partial charge in [0, 0.05) is 32.4 Å². The van der Waals surface area contributed by atoms with E-state index in [-0.39, 0.29) is 5.91 Å². The summed E-state index contributed by atoms with van der Waals surface area (Å²) in [6.45, 7) is 5.39. The molecule has 1 heterocycles. The van der Waals surface area contributed by atoms with Crippen LogP contribution in [0.4, 0.5) is 5.69 Å². The van der Waals surface area contributed by atoms with E-state index in [0.717, 1.165) is 56.8 Å².